The number of hydrogen-bond donors (Lipinski definition) is 1. The topological polar surface area (TPSA) is 37.8 Å². The van der Waals surface area contributed by atoms with Crippen molar-refractivity contribution >= 4 is 17.4 Å². The van der Waals surface area contributed by atoms with E-state index in [4.69, 9.17) is 11.6 Å². The lowest BCUT2D eigenvalue weighted by Crippen LogP contribution is -2.16. The highest BCUT2D eigenvalue weighted by atomic mass is 35.5. The van der Waals surface area contributed by atoms with E-state index in [1.54, 1.807) is 0 Å². The number of halogens is 1. The van der Waals surface area contributed by atoms with E-state index < -0.39 is 0 Å². The fourth-order valence-corrected chi connectivity index (χ4v) is 2.42. The van der Waals surface area contributed by atoms with Crippen molar-refractivity contribution in [1.82, 2.24) is 9.97 Å². The van der Waals surface area contributed by atoms with Gasteiger partial charge in [-0.2, -0.15) is 0 Å². The van der Waals surface area contributed by atoms with Gasteiger partial charge in [-0.05, 0) is 18.8 Å². The van der Waals surface area contributed by atoms with Gasteiger partial charge in [0.25, 0.3) is 0 Å². The van der Waals surface area contributed by atoms with E-state index >= 15 is 0 Å². The summed E-state index contributed by atoms with van der Waals surface area (Å²) in [4.78, 5) is 8.34. The first-order valence-corrected chi connectivity index (χ1v) is 6.92. The summed E-state index contributed by atoms with van der Waals surface area (Å²) in [7, 11) is 0. The lowest BCUT2D eigenvalue weighted by molar-refractivity contribution is 0.303. The van der Waals surface area contributed by atoms with Crippen LogP contribution >= 0.6 is 11.6 Å². The molecule has 1 heterocycles. The van der Waals surface area contributed by atoms with Gasteiger partial charge in [-0.3, -0.25) is 0 Å². The smallest absolute Gasteiger partial charge is 0.137 e. The molecule has 0 aromatic carbocycles. The van der Waals surface area contributed by atoms with Crippen LogP contribution in [0, 0.1) is 5.92 Å². The van der Waals surface area contributed by atoms with E-state index in [0.29, 0.717) is 5.15 Å². The SMILES string of the molecule is CCCc1c(Cl)ncnc1NCCC1CCC1. The number of nitrogens with zero attached hydrogens (tertiary/aromatic N) is 2. The summed E-state index contributed by atoms with van der Waals surface area (Å²) in [6.07, 6.45) is 8.98. The van der Waals surface area contributed by atoms with Crippen LogP contribution < -0.4 is 5.32 Å². The second kappa shape index (κ2) is 6.20. The third-order valence-electron chi connectivity index (χ3n) is 3.46. The van der Waals surface area contributed by atoms with Crippen LogP contribution in [0.25, 0.3) is 0 Å². The van der Waals surface area contributed by atoms with Gasteiger partial charge in [0.2, 0.25) is 0 Å². The molecule has 0 atom stereocenters. The van der Waals surface area contributed by atoms with Crippen LogP contribution in [0.3, 0.4) is 0 Å². The zero-order valence-electron chi connectivity index (χ0n) is 10.4. The quantitative estimate of drug-likeness (QED) is 0.786. The molecule has 1 aliphatic rings. The van der Waals surface area contributed by atoms with Crippen molar-refractivity contribution in [3.63, 3.8) is 0 Å². The van der Waals surface area contributed by atoms with Crippen LogP contribution in [0.4, 0.5) is 5.82 Å². The standard InChI is InChI=1S/C13H20ClN3/c1-2-4-11-12(14)16-9-17-13(11)15-8-7-10-5-3-6-10/h9-10H,2-8H2,1H3,(H,15,16,17). The van der Waals surface area contributed by atoms with Crippen LogP contribution in [0.15, 0.2) is 6.33 Å². The van der Waals surface area contributed by atoms with Crippen molar-refractivity contribution < 1.29 is 0 Å². The van der Waals surface area contributed by atoms with E-state index in [9.17, 15) is 0 Å². The Morgan fingerprint density at radius 2 is 2.24 bits per heavy atom. The van der Waals surface area contributed by atoms with Gasteiger partial charge in [-0.25, -0.2) is 9.97 Å². The molecule has 1 N–H and O–H groups in total. The molecule has 94 valence electrons. The second-order valence-corrected chi connectivity index (χ2v) is 5.11. The van der Waals surface area contributed by atoms with Gasteiger partial charge >= 0.3 is 0 Å². The number of nitrogens with one attached hydrogen (secondary N) is 1. The van der Waals surface area contributed by atoms with Crippen LogP contribution in [0.1, 0.15) is 44.6 Å². The number of anilines is 1. The first-order valence-electron chi connectivity index (χ1n) is 6.54. The third kappa shape index (κ3) is 3.32. The minimum Gasteiger partial charge on any atom is -0.370 e. The second-order valence-electron chi connectivity index (χ2n) is 4.75. The van der Waals surface area contributed by atoms with Gasteiger partial charge in [-0.15, -0.1) is 0 Å². The van der Waals surface area contributed by atoms with E-state index in [2.05, 4.69) is 22.2 Å². The van der Waals surface area contributed by atoms with Crippen LogP contribution in [0.2, 0.25) is 5.15 Å². The normalized spacial score (nSPS) is 15.6. The van der Waals surface area contributed by atoms with Gasteiger partial charge in [0.1, 0.15) is 17.3 Å². The molecular weight excluding hydrogens is 234 g/mol. The van der Waals surface area contributed by atoms with Gasteiger partial charge < -0.3 is 5.32 Å². The molecule has 0 unspecified atom stereocenters. The fraction of sp³-hybridized carbons (Fsp3) is 0.692. The largest absolute Gasteiger partial charge is 0.370 e. The molecule has 1 aliphatic carbocycles. The van der Waals surface area contributed by atoms with E-state index in [1.807, 2.05) is 0 Å². The number of aromatic nitrogens is 2. The highest BCUT2D eigenvalue weighted by Gasteiger charge is 2.17. The maximum atomic E-state index is 6.10. The average Bonchev–Trinajstić information content (AvgIpc) is 2.26. The summed E-state index contributed by atoms with van der Waals surface area (Å²) >= 11 is 6.10. The maximum absolute atomic E-state index is 6.10. The number of rotatable bonds is 6. The molecule has 1 saturated carbocycles. The summed E-state index contributed by atoms with van der Waals surface area (Å²) in [5, 5.41) is 3.99. The van der Waals surface area contributed by atoms with Gasteiger partial charge in [0.15, 0.2) is 0 Å². The van der Waals surface area contributed by atoms with Crippen molar-refractivity contribution in [1.29, 1.82) is 0 Å². The Bertz CT molecular complexity index is 364. The molecule has 0 amide bonds. The van der Waals surface area contributed by atoms with Crippen molar-refractivity contribution in [2.75, 3.05) is 11.9 Å². The summed E-state index contributed by atoms with van der Waals surface area (Å²) in [5.74, 6) is 1.85. The average molecular weight is 254 g/mol. The molecule has 1 fully saturated rings. The molecule has 0 radical (unpaired) electrons. The zero-order chi connectivity index (χ0) is 12.1. The first-order chi connectivity index (χ1) is 8.31. The highest BCUT2D eigenvalue weighted by Crippen LogP contribution is 2.29. The van der Waals surface area contributed by atoms with Crippen LogP contribution in [-0.4, -0.2) is 16.5 Å². The first kappa shape index (κ1) is 12.6. The molecule has 1 aromatic heterocycles. The lowest BCUT2D eigenvalue weighted by atomic mass is 9.83. The predicted molar refractivity (Wildman–Crippen MR) is 71.5 cm³/mol. The fourth-order valence-electron chi connectivity index (χ4n) is 2.19. The van der Waals surface area contributed by atoms with Crippen molar-refractivity contribution in [3.8, 4) is 0 Å². The molecular formula is C13H20ClN3. The molecule has 3 nitrogen and oxygen atoms in total. The Morgan fingerprint density at radius 3 is 2.88 bits per heavy atom. The van der Waals surface area contributed by atoms with Gasteiger partial charge in [-0.1, -0.05) is 44.2 Å². The lowest BCUT2D eigenvalue weighted by Gasteiger charge is -2.25. The van der Waals surface area contributed by atoms with Crippen molar-refractivity contribution in [2.45, 2.75) is 45.4 Å². The Balaban J connectivity index is 1.91. The van der Waals surface area contributed by atoms with Gasteiger partial charge in [0, 0.05) is 12.1 Å². The minimum atomic E-state index is 0.591. The van der Waals surface area contributed by atoms with Crippen LogP contribution in [0.5, 0.6) is 0 Å². The third-order valence-corrected chi connectivity index (χ3v) is 3.79. The van der Waals surface area contributed by atoms with Crippen LogP contribution in [-0.2, 0) is 6.42 Å². The summed E-state index contributed by atoms with van der Waals surface area (Å²) in [6.45, 7) is 3.14. The Hall–Kier alpha value is -0.830. The minimum absolute atomic E-state index is 0.591. The Labute approximate surface area is 108 Å². The summed E-state index contributed by atoms with van der Waals surface area (Å²) in [5.41, 5.74) is 1.06. The maximum Gasteiger partial charge on any atom is 0.137 e. The predicted octanol–water partition coefficient (Wildman–Crippen LogP) is 3.68. The number of hydrogen-bond acceptors (Lipinski definition) is 3. The molecule has 0 spiro atoms. The zero-order valence-corrected chi connectivity index (χ0v) is 11.1. The van der Waals surface area contributed by atoms with E-state index in [0.717, 1.165) is 36.7 Å². The van der Waals surface area contributed by atoms with E-state index in [-0.39, 0.29) is 0 Å². The molecule has 0 bridgehead atoms. The Kier molecular flexibility index (Phi) is 4.60. The van der Waals surface area contributed by atoms with Gasteiger partial charge in [0.05, 0.1) is 0 Å². The molecule has 0 aliphatic heterocycles. The highest BCUT2D eigenvalue weighted by molar-refractivity contribution is 6.30. The molecule has 1 aromatic rings. The molecule has 4 heteroatoms. The molecule has 0 saturated heterocycles. The van der Waals surface area contributed by atoms with Crippen molar-refractivity contribution in [2.24, 2.45) is 5.92 Å². The monoisotopic (exact) mass is 253 g/mol. The summed E-state index contributed by atoms with van der Waals surface area (Å²) in [6, 6.07) is 0. The molecule has 17 heavy (non-hydrogen) atoms. The van der Waals surface area contributed by atoms with Crippen molar-refractivity contribution in [3.05, 3.63) is 17.0 Å². The Morgan fingerprint density at radius 1 is 1.41 bits per heavy atom. The molecule has 2 rings (SSSR count). The summed E-state index contributed by atoms with van der Waals surface area (Å²) < 4.78 is 0. The van der Waals surface area contributed by atoms with E-state index in [1.165, 1.54) is 32.0 Å².